The Morgan fingerprint density at radius 1 is 0.757 bits per heavy atom. The number of hydrogen-bond donors (Lipinski definition) is 1. The van der Waals surface area contributed by atoms with E-state index in [0.29, 0.717) is 23.8 Å². The number of ether oxygens (including phenoxy) is 1. The van der Waals surface area contributed by atoms with E-state index < -0.39 is 0 Å². The summed E-state index contributed by atoms with van der Waals surface area (Å²) in [4.78, 5) is 17.4. The van der Waals surface area contributed by atoms with Crippen LogP contribution >= 0.6 is 11.5 Å². The van der Waals surface area contributed by atoms with Crippen LogP contribution in [-0.4, -0.2) is 15.3 Å². The van der Waals surface area contributed by atoms with Crippen molar-refractivity contribution < 1.29 is 9.53 Å². The van der Waals surface area contributed by atoms with Gasteiger partial charge in [0.15, 0.2) is 5.82 Å². The molecule has 1 heterocycles. The van der Waals surface area contributed by atoms with Crippen LogP contribution in [0.4, 0.5) is 0 Å². The highest BCUT2D eigenvalue weighted by molar-refractivity contribution is 7.07. The molecule has 5 rings (SSSR count). The van der Waals surface area contributed by atoms with E-state index in [-0.39, 0.29) is 11.9 Å². The molecule has 0 aliphatic rings. The Balaban J connectivity index is 1.18. The summed E-state index contributed by atoms with van der Waals surface area (Å²) >= 11 is 1.24. The van der Waals surface area contributed by atoms with Gasteiger partial charge in [0.05, 0.1) is 12.5 Å². The third kappa shape index (κ3) is 7.12. The number of carbonyl (C=O) groups excluding carboxylic acids is 1. The van der Waals surface area contributed by atoms with Gasteiger partial charge in [-0.1, -0.05) is 103 Å². The minimum Gasteiger partial charge on any atom is -0.430 e. The van der Waals surface area contributed by atoms with Gasteiger partial charge in [-0.05, 0) is 40.8 Å². The third-order valence-electron chi connectivity index (χ3n) is 5.97. The topological polar surface area (TPSA) is 64.1 Å². The lowest BCUT2D eigenvalue weighted by molar-refractivity contribution is -0.121. The van der Waals surface area contributed by atoms with Crippen molar-refractivity contribution in [1.82, 2.24) is 14.7 Å². The molecule has 1 aromatic heterocycles. The highest BCUT2D eigenvalue weighted by Crippen LogP contribution is 2.25. The molecule has 6 heteroatoms. The van der Waals surface area contributed by atoms with Gasteiger partial charge in [-0.2, -0.15) is 9.36 Å². The van der Waals surface area contributed by atoms with E-state index in [4.69, 9.17) is 4.74 Å². The molecule has 0 bridgehead atoms. The number of nitrogens with one attached hydrogen (secondary N) is 1. The first-order chi connectivity index (χ1) is 18.2. The number of hydrogen-bond acceptors (Lipinski definition) is 5. The Kier molecular flexibility index (Phi) is 7.98. The summed E-state index contributed by atoms with van der Waals surface area (Å²) in [6.45, 7) is 0. The maximum absolute atomic E-state index is 13.0. The van der Waals surface area contributed by atoms with Crippen molar-refractivity contribution in [1.29, 1.82) is 0 Å². The maximum Gasteiger partial charge on any atom is 0.298 e. The minimum absolute atomic E-state index is 0.0203. The van der Waals surface area contributed by atoms with Crippen molar-refractivity contribution >= 4 is 17.4 Å². The highest BCUT2D eigenvalue weighted by atomic mass is 32.1. The fourth-order valence-corrected chi connectivity index (χ4v) is 4.69. The zero-order chi connectivity index (χ0) is 25.3. The van der Waals surface area contributed by atoms with E-state index in [1.165, 1.54) is 17.1 Å². The van der Waals surface area contributed by atoms with Crippen molar-refractivity contribution in [2.24, 2.45) is 0 Å². The van der Waals surface area contributed by atoms with Crippen molar-refractivity contribution in [3.8, 4) is 10.9 Å². The quantitative estimate of drug-likeness (QED) is 0.233. The predicted molar refractivity (Wildman–Crippen MR) is 147 cm³/mol. The van der Waals surface area contributed by atoms with Gasteiger partial charge in [-0.15, -0.1) is 0 Å². The van der Waals surface area contributed by atoms with Gasteiger partial charge >= 0.3 is 0 Å². The highest BCUT2D eigenvalue weighted by Gasteiger charge is 2.16. The van der Waals surface area contributed by atoms with Crippen LogP contribution in [0, 0.1) is 0 Å². The SMILES string of the molecule is O=C(Cc1ccc(Oc2nc(Cc3ccccc3)ns2)cc1)NC(Cc1ccccc1)c1ccccc1. The van der Waals surface area contributed by atoms with Crippen molar-refractivity contribution in [3.63, 3.8) is 0 Å². The van der Waals surface area contributed by atoms with Crippen LogP contribution in [0.3, 0.4) is 0 Å². The summed E-state index contributed by atoms with van der Waals surface area (Å²) in [5.41, 5.74) is 4.35. The largest absolute Gasteiger partial charge is 0.430 e. The van der Waals surface area contributed by atoms with Crippen LogP contribution in [0.5, 0.6) is 10.9 Å². The van der Waals surface area contributed by atoms with E-state index in [0.717, 1.165) is 28.9 Å². The smallest absolute Gasteiger partial charge is 0.298 e. The van der Waals surface area contributed by atoms with Crippen molar-refractivity contribution in [3.05, 3.63) is 143 Å². The van der Waals surface area contributed by atoms with Crippen LogP contribution in [-0.2, 0) is 24.1 Å². The fourth-order valence-electron chi connectivity index (χ4n) is 4.12. The molecule has 0 saturated heterocycles. The molecule has 0 saturated carbocycles. The average Bonchev–Trinajstić information content (AvgIpc) is 3.37. The summed E-state index contributed by atoms with van der Waals surface area (Å²) < 4.78 is 10.3. The van der Waals surface area contributed by atoms with Crippen molar-refractivity contribution in [2.75, 3.05) is 0 Å². The second-order valence-electron chi connectivity index (χ2n) is 8.78. The summed E-state index contributed by atoms with van der Waals surface area (Å²) in [6.07, 6.45) is 1.69. The average molecular weight is 506 g/mol. The lowest BCUT2D eigenvalue weighted by Gasteiger charge is -2.20. The van der Waals surface area contributed by atoms with Gasteiger partial charge in [0.2, 0.25) is 5.91 Å². The number of aromatic nitrogens is 2. The summed E-state index contributed by atoms with van der Waals surface area (Å²) in [5, 5.41) is 3.72. The molecule has 1 amide bonds. The first kappa shape index (κ1) is 24.4. The van der Waals surface area contributed by atoms with Gasteiger partial charge in [-0.3, -0.25) is 4.79 Å². The molecule has 1 unspecified atom stereocenters. The molecule has 1 atom stereocenters. The van der Waals surface area contributed by atoms with E-state index in [1.807, 2.05) is 78.9 Å². The van der Waals surface area contributed by atoms with E-state index in [1.54, 1.807) is 0 Å². The van der Waals surface area contributed by atoms with Crippen molar-refractivity contribution in [2.45, 2.75) is 25.3 Å². The number of carbonyl (C=O) groups is 1. The van der Waals surface area contributed by atoms with E-state index in [9.17, 15) is 4.79 Å². The molecular weight excluding hydrogens is 478 g/mol. The normalized spacial score (nSPS) is 11.6. The number of nitrogens with zero attached hydrogens (tertiary/aromatic N) is 2. The van der Waals surface area contributed by atoms with Gasteiger partial charge in [0.1, 0.15) is 5.75 Å². The molecule has 5 nitrogen and oxygen atoms in total. The summed E-state index contributed by atoms with van der Waals surface area (Å²) in [7, 11) is 0. The van der Waals surface area contributed by atoms with Gasteiger partial charge in [0.25, 0.3) is 5.19 Å². The Morgan fingerprint density at radius 2 is 1.38 bits per heavy atom. The van der Waals surface area contributed by atoms with Gasteiger partial charge in [0, 0.05) is 18.0 Å². The van der Waals surface area contributed by atoms with Crippen LogP contribution in [0.1, 0.15) is 34.1 Å². The molecule has 0 aliphatic heterocycles. The molecule has 184 valence electrons. The molecule has 0 radical (unpaired) electrons. The number of rotatable bonds is 10. The molecule has 1 N–H and O–H groups in total. The van der Waals surface area contributed by atoms with Crippen LogP contribution < -0.4 is 10.1 Å². The Morgan fingerprint density at radius 3 is 2.05 bits per heavy atom. The van der Waals surface area contributed by atoms with Crippen LogP contribution in [0.15, 0.2) is 115 Å². The number of benzene rings is 4. The zero-order valence-corrected chi connectivity index (χ0v) is 21.1. The number of amides is 1. The molecule has 0 aliphatic carbocycles. The molecule has 0 spiro atoms. The van der Waals surface area contributed by atoms with Gasteiger partial charge in [-0.25, -0.2) is 0 Å². The zero-order valence-electron chi connectivity index (χ0n) is 20.3. The molecule has 0 fully saturated rings. The third-order valence-corrected chi connectivity index (χ3v) is 6.60. The lowest BCUT2D eigenvalue weighted by atomic mass is 9.98. The molecule has 4 aromatic carbocycles. The predicted octanol–water partition coefficient (Wildman–Crippen LogP) is 6.56. The van der Waals surface area contributed by atoms with Crippen LogP contribution in [0.2, 0.25) is 0 Å². The van der Waals surface area contributed by atoms with E-state index >= 15 is 0 Å². The maximum atomic E-state index is 13.0. The first-order valence-electron chi connectivity index (χ1n) is 12.2. The van der Waals surface area contributed by atoms with Gasteiger partial charge < -0.3 is 10.1 Å². The second kappa shape index (κ2) is 12.1. The Hall–Kier alpha value is -4.29. The Bertz CT molecular complexity index is 1410. The fraction of sp³-hybridized carbons (Fsp3) is 0.129. The Labute approximate surface area is 221 Å². The molecule has 37 heavy (non-hydrogen) atoms. The standard InChI is InChI=1S/C31H27N3O2S/c35-30(32-28(26-14-8-3-9-15-26)20-23-10-4-1-5-11-23)22-25-16-18-27(19-17-25)36-31-33-29(34-37-31)21-24-12-6-2-7-13-24/h1-19,28H,20-22H2,(H,32,35). The minimum atomic E-state index is -0.0961. The second-order valence-corrected chi connectivity index (χ2v) is 9.50. The summed E-state index contributed by atoms with van der Waals surface area (Å²) in [5.74, 6) is 1.38. The lowest BCUT2D eigenvalue weighted by Crippen LogP contribution is -2.31. The molecular formula is C31H27N3O2S. The first-order valence-corrected chi connectivity index (χ1v) is 13.0. The van der Waals surface area contributed by atoms with Crippen LogP contribution in [0.25, 0.3) is 0 Å². The van der Waals surface area contributed by atoms with E-state index in [2.05, 4.69) is 51.1 Å². The monoisotopic (exact) mass is 505 g/mol. The molecule has 5 aromatic rings. The summed E-state index contributed by atoms with van der Waals surface area (Å²) in [6, 6.07) is 37.9.